The van der Waals surface area contributed by atoms with E-state index in [1.54, 1.807) is 13.2 Å². The van der Waals surface area contributed by atoms with Crippen molar-refractivity contribution in [2.75, 3.05) is 19.0 Å². The summed E-state index contributed by atoms with van der Waals surface area (Å²) in [6.45, 7) is 4.79. The molecule has 0 spiro atoms. The van der Waals surface area contributed by atoms with E-state index in [1.165, 1.54) is 0 Å². The molecule has 0 unspecified atom stereocenters. The van der Waals surface area contributed by atoms with Gasteiger partial charge in [0.15, 0.2) is 0 Å². The molecule has 30 heavy (non-hydrogen) atoms. The zero-order valence-electron chi connectivity index (χ0n) is 17.6. The van der Waals surface area contributed by atoms with Crippen LogP contribution in [0.15, 0.2) is 66.7 Å². The van der Waals surface area contributed by atoms with E-state index in [0.717, 1.165) is 29.0 Å². The fraction of sp³-hybridized carbons (Fsp3) is 0.240. The zero-order chi connectivity index (χ0) is 21.3. The molecular formula is C25H27NO4. The Bertz CT molecular complexity index is 1000. The molecule has 0 aliphatic heterocycles. The fourth-order valence-electron chi connectivity index (χ4n) is 3.13. The molecule has 0 fully saturated rings. The Kier molecular flexibility index (Phi) is 7.33. The van der Waals surface area contributed by atoms with E-state index in [-0.39, 0.29) is 12.5 Å². The first-order valence-electron chi connectivity index (χ1n) is 10.1. The molecule has 5 nitrogen and oxygen atoms in total. The Morgan fingerprint density at radius 2 is 1.67 bits per heavy atom. The molecule has 0 atom stereocenters. The Morgan fingerprint density at radius 1 is 0.867 bits per heavy atom. The first-order chi connectivity index (χ1) is 14.6. The van der Waals surface area contributed by atoms with Crippen molar-refractivity contribution in [2.24, 2.45) is 0 Å². The number of nitrogens with one attached hydrogen (secondary N) is 1. The van der Waals surface area contributed by atoms with Gasteiger partial charge in [-0.25, -0.2) is 0 Å². The summed E-state index contributed by atoms with van der Waals surface area (Å²) in [5, 5.41) is 3.01. The maximum atomic E-state index is 12.9. The van der Waals surface area contributed by atoms with Crippen LogP contribution in [-0.4, -0.2) is 19.6 Å². The fourth-order valence-corrected chi connectivity index (χ4v) is 3.13. The van der Waals surface area contributed by atoms with Gasteiger partial charge < -0.3 is 19.5 Å². The quantitative estimate of drug-likeness (QED) is 0.512. The summed E-state index contributed by atoms with van der Waals surface area (Å²) in [7, 11) is 1.62. The molecular weight excluding hydrogens is 378 g/mol. The second-order valence-corrected chi connectivity index (χ2v) is 6.69. The van der Waals surface area contributed by atoms with Crippen LogP contribution in [0.25, 0.3) is 0 Å². The van der Waals surface area contributed by atoms with Gasteiger partial charge in [0.2, 0.25) is 0 Å². The first kappa shape index (κ1) is 21.2. The van der Waals surface area contributed by atoms with Gasteiger partial charge >= 0.3 is 0 Å². The molecule has 0 aliphatic rings. The number of methoxy groups -OCH3 is 1. The van der Waals surface area contributed by atoms with Gasteiger partial charge in [0, 0.05) is 22.9 Å². The van der Waals surface area contributed by atoms with Crippen LogP contribution < -0.4 is 19.5 Å². The molecule has 0 heterocycles. The van der Waals surface area contributed by atoms with Crippen molar-refractivity contribution in [1.82, 2.24) is 0 Å². The molecule has 1 amide bonds. The van der Waals surface area contributed by atoms with Gasteiger partial charge in [-0.2, -0.15) is 0 Å². The predicted octanol–water partition coefficient (Wildman–Crippen LogP) is 5.49. The summed E-state index contributed by atoms with van der Waals surface area (Å²) in [5.41, 5.74) is 3.27. The summed E-state index contributed by atoms with van der Waals surface area (Å²) in [5.74, 6) is 1.94. The summed E-state index contributed by atoms with van der Waals surface area (Å²) in [6, 6.07) is 20.6. The van der Waals surface area contributed by atoms with Crippen molar-refractivity contribution in [3.63, 3.8) is 0 Å². The number of hydrogen-bond acceptors (Lipinski definition) is 4. The second-order valence-electron chi connectivity index (χ2n) is 6.69. The number of para-hydroxylation sites is 1. The SMILES string of the molecule is CCOc1ccc(C(=O)Nc2ccccc2CC)cc1COc1cccc(OC)c1. The van der Waals surface area contributed by atoms with Crippen molar-refractivity contribution in [1.29, 1.82) is 0 Å². The lowest BCUT2D eigenvalue weighted by Crippen LogP contribution is -2.14. The van der Waals surface area contributed by atoms with Crippen LogP contribution in [0.4, 0.5) is 5.69 Å². The molecule has 3 rings (SSSR count). The Morgan fingerprint density at radius 3 is 2.43 bits per heavy atom. The molecule has 0 aliphatic carbocycles. The lowest BCUT2D eigenvalue weighted by Gasteiger charge is -2.14. The topological polar surface area (TPSA) is 56.8 Å². The largest absolute Gasteiger partial charge is 0.497 e. The molecule has 0 saturated carbocycles. The molecule has 3 aromatic rings. The Labute approximate surface area is 177 Å². The van der Waals surface area contributed by atoms with E-state index in [0.29, 0.717) is 23.7 Å². The van der Waals surface area contributed by atoms with Gasteiger partial charge in [-0.1, -0.05) is 31.2 Å². The molecule has 0 aromatic heterocycles. The van der Waals surface area contributed by atoms with Gasteiger partial charge in [-0.15, -0.1) is 0 Å². The van der Waals surface area contributed by atoms with Crippen molar-refractivity contribution in [2.45, 2.75) is 26.9 Å². The molecule has 0 saturated heterocycles. The number of benzene rings is 3. The van der Waals surface area contributed by atoms with Gasteiger partial charge in [0.1, 0.15) is 23.9 Å². The highest BCUT2D eigenvalue weighted by Gasteiger charge is 2.13. The summed E-state index contributed by atoms with van der Waals surface area (Å²) in [4.78, 5) is 12.9. The minimum absolute atomic E-state index is 0.165. The Hall–Kier alpha value is -3.47. The highest BCUT2D eigenvalue weighted by Crippen LogP contribution is 2.25. The van der Waals surface area contributed by atoms with Crippen LogP contribution in [0, 0.1) is 0 Å². The van der Waals surface area contributed by atoms with Gasteiger partial charge in [-0.3, -0.25) is 4.79 Å². The number of aryl methyl sites for hydroxylation is 1. The summed E-state index contributed by atoms with van der Waals surface area (Å²) in [6.07, 6.45) is 0.847. The number of amides is 1. The van der Waals surface area contributed by atoms with E-state index in [1.807, 2.05) is 67.6 Å². The van der Waals surface area contributed by atoms with Crippen molar-refractivity contribution >= 4 is 11.6 Å². The number of rotatable bonds is 9. The van der Waals surface area contributed by atoms with Crippen molar-refractivity contribution < 1.29 is 19.0 Å². The lowest BCUT2D eigenvalue weighted by molar-refractivity contribution is 0.102. The second kappa shape index (κ2) is 10.3. The van der Waals surface area contributed by atoms with Gasteiger partial charge in [-0.05, 0) is 55.3 Å². The highest BCUT2D eigenvalue weighted by molar-refractivity contribution is 6.04. The van der Waals surface area contributed by atoms with Crippen molar-refractivity contribution in [3.8, 4) is 17.2 Å². The van der Waals surface area contributed by atoms with E-state index in [2.05, 4.69) is 12.2 Å². The first-order valence-corrected chi connectivity index (χ1v) is 10.1. The van der Waals surface area contributed by atoms with Crippen LogP contribution in [0.1, 0.15) is 35.3 Å². The summed E-state index contributed by atoms with van der Waals surface area (Å²) >= 11 is 0. The average molecular weight is 405 g/mol. The lowest BCUT2D eigenvalue weighted by atomic mass is 10.1. The number of anilines is 1. The monoisotopic (exact) mass is 405 g/mol. The number of carbonyl (C=O) groups is 1. The average Bonchev–Trinajstić information content (AvgIpc) is 2.79. The Balaban J connectivity index is 1.80. The van der Waals surface area contributed by atoms with Gasteiger partial charge in [0.25, 0.3) is 5.91 Å². The third-order valence-electron chi connectivity index (χ3n) is 4.70. The van der Waals surface area contributed by atoms with Crippen LogP contribution in [-0.2, 0) is 13.0 Å². The van der Waals surface area contributed by atoms with E-state index in [9.17, 15) is 4.79 Å². The van der Waals surface area contributed by atoms with Crippen LogP contribution in [0.5, 0.6) is 17.2 Å². The number of ether oxygens (including phenoxy) is 3. The van der Waals surface area contributed by atoms with E-state index >= 15 is 0 Å². The maximum Gasteiger partial charge on any atom is 0.255 e. The molecule has 5 heteroatoms. The molecule has 156 valence electrons. The maximum absolute atomic E-state index is 12.9. The van der Waals surface area contributed by atoms with Crippen LogP contribution in [0.2, 0.25) is 0 Å². The molecule has 0 radical (unpaired) electrons. The predicted molar refractivity (Wildman–Crippen MR) is 119 cm³/mol. The number of hydrogen-bond donors (Lipinski definition) is 1. The standard InChI is InChI=1S/C25H27NO4/c1-4-18-9-6-7-12-23(18)26-25(27)19-13-14-24(29-5-2)20(15-19)17-30-22-11-8-10-21(16-22)28-3/h6-16H,4-5,17H2,1-3H3,(H,26,27). The molecule has 0 bridgehead atoms. The third kappa shape index (κ3) is 5.32. The van der Waals surface area contributed by atoms with Gasteiger partial charge in [0.05, 0.1) is 13.7 Å². The van der Waals surface area contributed by atoms with Crippen LogP contribution in [0.3, 0.4) is 0 Å². The third-order valence-corrected chi connectivity index (χ3v) is 4.70. The molecule has 1 N–H and O–H groups in total. The van der Waals surface area contributed by atoms with E-state index in [4.69, 9.17) is 14.2 Å². The minimum Gasteiger partial charge on any atom is -0.497 e. The van der Waals surface area contributed by atoms with E-state index < -0.39 is 0 Å². The molecule has 3 aromatic carbocycles. The zero-order valence-corrected chi connectivity index (χ0v) is 17.6. The number of carbonyl (C=O) groups excluding carboxylic acids is 1. The normalized spacial score (nSPS) is 10.4. The summed E-state index contributed by atoms with van der Waals surface area (Å²) < 4.78 is 16.9. The highest BCUT2D eigenvalue weighted by atomic mass is 16.5. The van der Waals surface area contributed by atoms with Crippen LogP contribution >= 0.6 is 0 Å². The minimum atomic E-state index is -0.165. The van der Waals surface area contributed by atoms with Crippen molar-refractivity contribution in [3.05, 3.63) is 83.4 Å². The smallest absolute Gasteiger partial charge is 0.255 e.